The molecule has 1 unspecified atom stereocenters. The van der Waals surface area contributed by atoms with E-state index in [0.717, 1.165) is 5.56 Å². The number of hydrogen-bond donors (Lipinski definition) is 0. The number of benzene rings is 1. The van der Waals surface area contributed by atoms with Crippen LogP contribution in [0.2, 0.25) is 0 Å². The second-order valence-electron chi connectivity index (χ2n) is 4.65. The summed E-state index contributed by atoms with van der Waals surface area (Å²) >= 11 is 4.67. The average Bonchev–Trinajstić information content (AvgIpc) is 2.52. The van der Waals surface area contributed by atoms with Crippen molar-refractivity contribution < 1.29 is 14.0 Å². The standard InChI is InChI=1S/C16H21FN2O2S/c1-4-12-9-13(7-8-14(12)17)15(18-11-22)10-16(20)19(5-2)21-6-3/h7-9,15H,4-6,10H2,1-3H3. The van der Waals surface area contributed by atoms with Crippen molar-refractivity contribution in [1.29, 1.82) is 0 Å². The largest absolute Gasteiger partial charge is 0.272 e. The zero-order valence-corrected chi connectivity index (χ0v) is 14.0. The van der Waals surface area contributed by atoms with E-state index < -0.39 is 6.04 Å². The van der Waals surface area contributed by atoms with Gasteiger partial charge in [0, 0.05) is 6.54 Å². The molecule has 120 valence electrons. The number of carbonyl (C=O) groups excluding carboxylic acids is 1. The van der Waals surface area contributed by atoms with Crippen molar-refractivity contribution in [2.75, 3.05) is 13.2 Å². The zero-order valence-electron chi connectivity index (χ0n) is 13.1. The van der Waals surface area contributed by atoms with Gasteiger partial charge >= 0.3 is 0 Å². The van der Waals surface area contributed by atoms with Crippen LogP contribution in [0.1, 0.15) is 44.4 Å². The van der Waals surface area contributed by atoms with Crippen LogP contribution in [0.15, 0.2) is 23.2 Å². The van der Waals surface area contributed by atoms with Crippen LogP contribution in [0.5, 0.6) is 0 Å². The fraction of sp³-hybridized carbons (Fsp3) is 0.500. The normalized spacial score (nSPS) is 11.6. The van der Waals surface area contributed by atoms with Gasteiger partial charge in [0.05, 0.1) is 24.2 Å². The first-order valence-corrected chi connectivity index (χ1v) is 7.76. The Morgan fingerprint density at radius 1 is 1.45 bits per heavy atom. The lowest BCUT2D eigenvalue weighted by Crippen LogP contribution is -2.31. The number of hydrogen-bond acceptors (Lipinski definition) is 4. The Hall–Kier alpha value is -1.62. The topological polar surface area (TPSA) is 41.9 Å². The Morgan fingerprint density at radius 2 is 2.18 bits per heavy atom. The van der Waals surface area contributed by atoms with Crippen LogP contribution >= 0.6 is 12.2 Å². The van der Waals surface area contributed by atoms with Gasteiger partial charge in [0.15, 0.2) is 0 Å². The molecule has 0 aliphatic carbocycles. The molecule has 1 rings (SSSR count). The first kappa shape index (κ1) is 18.4. The highest BCUT2D eigenvalue weighted by Crippen LogP contribution is 2.24. The molecule has 4 nitrogen and oxygen atoms in total. The quantitative estimate of drug-likeness (QED) is 0.416. The molecule has 1 atom stereocenters. The lowest BCUT2D eigenvalue weighted by molar-refractivity contribution is -0.183. The van der Waals surface area contributed by atoms with Crippen molar-refractivity contribution in [3.8, 4) is 0 Å². The van der Waals surface area contributed by atoms with Gasteiger partial charge in [-0.1, -0.05) is 19.1 Å². The number of isothiocyanates is 1. The van der Waals surface area contributed by atoms with Crippen molar-refractivity contribution >= 4 is 23.3 Å². The minimum Gasteiger partial charge on any atom is -0.272 e. The van der Waals surface area contributed by atoms with E-state index in [2.05, 4.69) is 22.4 Å². The number of hydroxylamine groups is 2. The number of rotatable bonds is 8. The fourth-order valence-corrected chi connectivity index (χ4v) is 2.26. The summed E-state index contributed by atoms with van der Waals surface area (Å²) in [5, 5.41) is 3.62. The molecule has 0 spiro atoms. The SMILES string of the molecule is CCON(CC)C(=O)CC(N=C=S)c1ccc(F)c(CC)c1. The van der Waals surface area contributed by atoms with Crippen molar-refractivity contribution in [3.05, 3.63) is 35.1 Å². The van der Waals surface area contributed by atoms with Crippen LogP contribution < -0.4 is 0 Å². The highest BCUT2D eigenvalue weighted by atomic mass is 32.1. The average molecular weight is 324 g/mol. The molecule has 1 aromatic carbocycles. The van der Waals surface area contributed by atoms with Crippen molar-refractivity contribution in [1.82, 2.24) is 5.06 Å². The molecule has 0 saturated heterocycles. The Balaban J connectivity index is 2.99. The van der Waals surface area contributed by atoms with E-state index in [-0.39, 0.29) is 18.1 Å². The highest BCUT2D eigenvalue weighted by Gasteiger charge is 2.20. The molecule has 1 aromatic rings. The number of aliphatic imine (C=N–C) groups is 1. The van der Waals surface area contributed by atoms with E-state index in [1.54, 1.807) is 12.1 Å². The second-order valence-corrected chi connectivity index (χ2v) is 4.83. The van der Waals surface area contributed by atoms with Gasteiger partial charge in [-0.25, -0.2) is 14.4 Å². The Labute approximate surface area is 135 Å². The number of nitrogens with zero attached hydrogens (tertiary/aromatic N) is 2. The summed E-state index contributed by atoms with van der Waals surface area (Å²) in [5.41, 5.74) is 1.34. The summed E-state index contributed by atoms with van der Waals surface area (Å²) in [5.74, 6) is -0.446. The Morgan fingerprint density at radius 3 is 2.73 bits per heavy atom. The van der Waals surface area contributed by atoms with Crippen LogP contribution in [0.3, 0.4) is 0 Å². The van der Waals surface area contributed by atoms with E-state index >= 15 is 0 Å². The van der Waals surface area contributed by atoms with Gasteiger partial charge in [0.25, 0.3) is 0 Å². The third kappa shape index (κ3) is 4.98. The van der Waals surface area contributed by atoms with Gasteiger partial charge in [-0.05, 0) is 49.7 Å². The molecule has 1 amide bonds. The molecule has 0 aliphatic rings. The molecule has 0 radical (unpaired) electrons. The van der Waals surface area contributed by atoms with E-state index in [9.17, 15) is 9.18 Å². The molecule has 0 aromatic heterocycles. The van der Waals surface area contributed by atoms with Gasteiger partial charge in [0.1, 0.15) is 5.82 Å². The molecule has 0 bridgehead atoms. The minimum atomic E-state index is -0.481. The number of amides is 1. The van der Waals surface area contributed by atoms with E-state index in [1.807, 2.05) is 20.8 Å². The molecule has 0 saturated carbocycles. The minimum absolute atomic E-state index is 0.103. The highest BCUT2D eigenvalue weighted by molar-refractivity contribution is 7.78. The third-order valence-corrected chi connectivity index (χ3v) is 3.37. The second kappa shape index (κ2) is 9.41. The van der Waals surface area contributed by atoms with Crippen LogP contribution in [0.25, 0.3) is 0 Å². The van der Waals surface area contributed by atoms with Gasteiger partial charge in [-0.3, -0.25) is 9.63 Å². The number of aryl methyl sites for hydroxylation is 1. The van der Waals surface area contributed by atoms with Gasteiger partial charge in [-0.15, -0.1) is 0 Å². The van der Waals surface area contributed by atoms with Crippen molar-refractivity contribution in [2.45, 2.75) is 39.7 Å². The lowest BCUT2D eigenvalue weighted by Gasteiger charge is -2.21. The first-order chi connectivity index (χ1) is 10.6. The van der Waals surface area contributed by atoms with Crippen LogP contribution in [0, 0.1) is 5.82 Å². The molecule has 6 heteroatoms. The molecular weight excluding hydrogens is 303 g/mol. The fourth-order valence-electron chi connectivity index (χ4n) is 2.14. The molecule has 0 fully saturated rings. The maximum absolute atomic E-state index is 13.6. The van der Waals surface area contributed by atoms with Crippen LogP contribution in [-0.2, 0) is 16.1 Å². The summed E-state index contributed by atoms with van der Waals surface area (Å²) in [6.45, 7) is 6.38. The van der Waals surface area contributed by atoms with Crippen molar-refractivity contribution in [3.63, 3.8) is 0 Å². The summed E-state index contributed by atoms with van der Waals surface area (Å²) in [4.78, 5) is 21.6. The summed E-state index contributed by atoms with van der Waals surface area (Å²) in [7, 11) is 0. The maximum atomic E-state index is 13.6. The monoisotopic (exact) mass is 324 g/mol. The molecular formula is C16H21FN2O2S. The van der Waals surface area contributed by atoms with E-state index in [1.165, 1.54) is 11.1 Å². The number of thiocarbonyl (C=S) groups is 1. The Kier molecular flexibility index (Phi) is 7.88. The first-order valence-electron chi connectivity index (χ1n) is 7.35. The maximum Gasteiger partial charge on any atom is 0.248 e. The molecule has 0 N–H and O–H groups in total. The van der Waals surface area contributed by atoms with Gasteiger partial charge < -0.3 is 0 Å². The summed E-state index contributed by atoms with van der Waals surface area (Å²) in [6, 6.07) is 4.26. The summed E-state index contributed by atoms with van der Waals surface area (Å²) < 4.78 is 13.6. The summed E-state index contributed by atoms with van der Waals surface area (Å²) in [6.07, 6.45) is 0.675. The predicted octanol–water partition coefficient (Wildman–Crippen LogP) is 3.72. The molecule has 0 heterocycles. The Bertz CT molecular complexity index is 559. The van der Waals surface area contributed by atoms with E-state index in [4.69, 9.17) is 4.84 Å². The predicted molar refractivity (Wildman–Crippen MR) is 87.2 cm³/mol. The smallest absolute Gasteiger partial charge is 0.248 e. The van der Waals surface area contributed by atoms with Crippen molar-refractivity contribution in [2.24, 2.45) is 4.99 Å². The molecule has 22 heavy (non-hydrogen) atoms. The van der Waals surface area contributed by atoms with Gasteiger partial charge in [0.2, 0.25) is 5.91 Å². The van der Waals surface area contributed by atoms with Crippen LogP contribution in [-0.4, -0.2) is 29.3 Å². The third-order valence-electron chi connectivity index (χ3n) is 3.26. The number of carbonyl (C=O) groups is 1. The lowest BCUT2D eigenvalue weighted by atomic mass is 10.00. The van der Waals surface area contributed by atoms with E-state index in [0.29, 0.717) is 25.1 Å². The zero-order chi connectivity index (χ0) is 16.5. The molecule has 0 aliphatic heterocycles. The number of halogens is 1. The van der Waals surface area contributed by atoms with Gasteiger partial charge in [-0.2, -0.15) is 0 Å². The van der Waals surface area contributed by atoms with Crippen LogP contribution in [0.4, 0.5) is 4.39 Å².